The van der Waals surface area contributed by atoms with Gasteiger partial charge in [0.2, 0.25) is 0 Å². The van der Waals surface area contributed by atoms with Crippen molar-refractivity contribution in [1.82, 2.24) is 20.1 Å². The molecule has 1 aromatic carbocycles. The van der Waals surface area contributed by atoms with Gasteiger partial charge in [0.15, 0.2) is 0 Å². The van der Waals surface area contributed by atoms with Crippen molar-refractivity contribution in [2.75, 3.05) is 11.4 Å². The number of amides is 3. The number of hydrogen-bond donors (Lipinski definition) is 1. The van der Waals surface area contributed by atoms with Crippen molar-refractivity contribution in [3.63, 3.8) is 0 Å². The summed E-state index contributed by atoms with van der Waals surface area (Å²) in [4.78, 5) is 43.7. The zero-order valence-electron chi connectivity index (χ0n) is 17.6. The molecule has 11 heteroatoms. The van der Waals surface area contributed by atoms with Crippen molar-refractivity contribution in [2.24, 2.45) is 0 Å². The Morgan fingerprint density at radius 3 is 2.45 bits per heavy atom. The minimum absolute atomic E-state index is 0.0511. The lowest BCUT2D eigenvalue weighted by atomic mass is 10.1. The number of alkyl halides is 3. The number of pyridine rings is 1. The maximum absolute atomic E-state index is 13.2. The number of rotatable bonds is 3. The number of nitrogens with zero attached hydrogens (tertiary/aromatic N) is 4. The van der Waals surface area contributed by atoms with Crippen molar-refractivity contribution in [3.05, 3.63) is 76.9 Å². The number of carbonyl (C=O) groups is 3. The summed E-state index contributed by atoms with van der Waals surface area (Å²) in [6.07, 6.45) is -1.87. The lowest BCUT2D eigenvalue weighted by Gasteiger charge is -2.32. The Morgan fingerprint density at radius 2 is 1.82 bits per heavy atom. The fourth-order valence-electron chi connectivity index (χ4n) is 3.61. The Bertz CT molecular complexity index is 1250. The van der Waals surface area contributed by atoms with Crippen LogP contribution >= 0.6 is 0 Å². The summed E-state index contributed by atoms with van der Waals surface area (Å²) < 4.78 is 40.0. The highest BCUT2D eigenvalue weighted by Gasteiger charge is 2.36. The lowest BCUT2D eigenvalue weighted by molar-refractivity contribution is -0.137. The Hall–Kier alpha value is -4.02. The number of nitrogens with one attached hydrogen (secondary N) is 1. The first-order valence-electron chi connectivity index (χ1n) is 9.91. The summed E-state index contributed by atoms with van der Waals surface area (Å²) in [5.41, 5.74) is 0.0744. The minimum atomic E-state index is -4.50. The number of benzene rings is 1. The number of aromatic nitrogens is 3. The van der Waals surface area contributed by atoms with Gasteiger partial charge in [0.05, 0.1) is 23.4 Å². The van der Waals surface area contributed by atoms with Crippen LogP contribution in [0.4, 0.5) is 18.9 Å². The number of carbonyl (C=O) groups excluding carboxylic acids is 3. The lowest BCUT2D eigenvalue weighted by Crippen LogP contribution is -2.44. The third kappa shape index (κ3) is 4.21. The first-order chi connectivity index (χ1) is 15.6. The standard InChI is InChI=1S/C22H18F3N5O3/c1-12-9-14(7-8-26-12)19(31)28-20(32)17-10-27-30-13(2)11-29(21(33)18(17)30)16-5-3-15(4-6-16)22(23,24)25/h3-10,13H,11H2,1-2H3,(H,28,31,32). The van der Waals surface area contributed by atoms with E-state index in [-0.39, 0.29) is 35.1 Å². The average molecular weight is 457 g/mol. The van der Waals surface area contributed by atoms with Gasteiger partial charge >= 0.3 is 6.18 Å². The van der Waals surface area contributed by atoms with Crippen LogP contribution in [-0.2, 0) is 6.18 Å². The number of halogens is 3. The predicted molar refractivity (Wildman–Crippen MR) is 111 cm³/mol. The molecule has 1 atom stereocenters. The van der Waals surface area contributed by atoms with Gasteiger partial charge in [0.1, 0.15) is 5.69 Å². The van der Waals surface area contributed by atoms with Gasteiger partial charge in [-0.2, -0.15) is 18.3 Å². The molecule has 0 bridgehead atoms. The molecule has 8 nitrogen and oxygen atoms in total. The Morgan fingerprint density at radius 1 is 1.12 bits per heavy atom. The van der Waals surface area contributed by atoms with E-state index in [0.717, 1.165) is 12.1 Å². The molecular weight excluding hydrogens is 439 g/mol. The monoisotopic (exact) mass is 457 g/mol. The first kappa shape index (κ1) is 22.2. The number of fused-ring (bicyclic) bond motifs is 1. The molecule has 1 aliphatic heterocycles. The van der Waals surface area contributed by atoms with Crippen LogP contribution in [0.5, 0.6) is 0 Å². The molecule has 0 saturated carbocycles. The van der Waals surface area contributed by atoms with Crippen molar-refractivity contribution in [3.8, 4) is 0 Å². The Kier molecular flexibility index (Phi) is 5.48. The van der Waals surface area contributed by atoms with E-state index in [1.54, 1.807) is 13.8 Å². The van der Waals surface area contributed by atoms with Crippen molar-refractivity contribution < 1.29 is 27.6 Å². The van der Waals surface area contributed by atoms with E-state index in [2.05, 4.69) is 15.4 Å². The highest BCUT2D eigenvalue weighted by Crippen LogP contribution is 2.32. The predicted octanol–water partition coefficient (Wildman–Crippen LogP) is 3.40. The summed E-state index contributed by atoms with van der Waals surface area (Å²) in [5.74, 6) is -2.09. The second-order valence-electron chi connectivity index (χ2n) is 7.63. The highest BCUT2D eigenvalue weighted by atomic mass is 19.4. The van der Waals surface area contributed by atoms with E-state index in [1.807, 2.05) is 0 Å². The van der Waals surface area contributed by atoms with Gasteiger partial charge in [-0.15, -0.1) is 0 Å². The molecule has 0 aliphatic carbocycles. The first-order valence-corrected chi connectivity index (χ1v) is 9.91. The molecule has 3 aromatic rings. The second kappa shape index (κ2) is 8.15. The van der Waals surface area contributed by atoms with Crippen LogP contribution in [0.1, 0.15) is 55.4 Å². The molecule has 3 heterocycles. The molecule has 0 saturated heterocycles. The summed E-state index contributed by atoms with van der Waals surface area (Å²) in [6, 6.07) is 6.78. The smallest absolute Gasteiger partial charge is 0.305 e. The second-order valence-corrected chi connectivity index (χ2v) is 7.63. The van der Waals surface area contributed by atoms with Gasteiger partial charge in [-0.1, -0.05) is 0 Å². The van der Waals surface area contributed by atoms with Crippen molar-refractivity contribution in [1.29, 1.82) is 0 Å². The van der Waals surface area contributed by atoms with E-state index in [0.29, 0.717) is 5.69 Å². The molecule has 1 N–H and O–H groups in total. The molecule has 3 amide bonds. The fraction of sp³-hybridized carbons (Fsp3) is 0.227. The van der Waals surface area contributed by atoms with Gasteiger partial charge in [-0.3, -0.25) is 29.4 Å². The number of hydrogen-bond acceptors (Lipinski definition) is 5. The van der Waals surface area contributed by atoms with Crippen LogP contribution in [0.25, 0.3) is 0 Å². The average Bonchev–Trinajstić information content (AvgIpc) is 3.22. The maximum atomic E-state index is 13.2. The SMILES string of the molecule is Cc1cc(C(=O)NC(=O)c2cnn3c2C(=O)N(c2ccc(C(F)(F)F)cc2)CC3C)ccn1. The highest BCUT2D eigenvalue weighted by molar-refractivity contribution is 6.16. The maximum Gasteiger partial charge on any atom is 0.416 e. The van der Waals surface area contributed by atoms with Crippen LogP contribution in [0.3, 0.4) is 0 Å². The minimum Gasteiger partial charge on any atom is -0.305 e. The van der Waals surface area contributed by atoms with Gasteiger partial charge in [0, 0.05) is 29.7 Å². The van der Waals surface area contributed by atoms with Crippen LogP contribution < -0.4 is 10.2 Å². The third-order valence-corrected chi connectivity index (χ3v) is 5.24. The van der Waals surface area contributed by atoms with E-state index < -0.39 is 29.5 Å². The van der Waals surface area contributed by atoms with Crippen LogP contribution in [-0.4, -0.2) is 39.0 Å². The molecular formula is C22H18F3N5O3. The summed E-state index contributed by atoms with van der Waals surface area (Å²) in [7, 11) is 0. The van der Waals surface area contributed by atoms with Gasteiger partial charge in [-0.05, 0) is 50.2 Å². The number of aryl methyl sites for hydroxylation is 1. The molecule has 1 unspecified atom stereocenters. The summed E-state index contributed by atoms with van der Waals surface area (Å²) in [6.45, 7) is 3.60. The number of anilines is 1. The largest absolute Gasteiger partial charge is 0.416 e. The van der Waals surface area contributed by atoms with Gasteiger partial charge < -0.3 is 4.90 Å². The van der Waals surface area contributed by atoms with Crippen molar-refractivity contribution in [2.45, 2.75) is 26.1 Å². The normalized spacial score (nSPS) is 15.8. The van der Waals surface area contributed by atoms with Gasteiger partial charge in [0.25, 0.3) is 17.7 Å². The molecule has 0 spiro atoms. The van der Waals surface area contributed by atoms with Crippen LogP contribution in [0.2, 0.25) is 0 Å². The van der Waals surface area contributed by atoms with Crippen molar-refractivity contribution >= 4 is 23.4 Å². The molecule has 0 fully saturated rings. The molecule has 4 rings (SSSR count). The topological polar surface area (TPSA) is 97.2 Å². The quantitative estimate of drug-likeness (QED) is 0.608. The van der Waals surface area contributed by atoms with Crippen LogP contribution in [0.15, 0.2) is 48.8 Å². The van der Waals surface area contributed by atoms with E-state index in [4.69, 9.17) is 0 Å². The fourth-order valence-corrected chi connectivity index (χ4v) is 3.61. The molecule has 33 heavy (non-hydrogen) atoms. The zero-order valence-corrected chi connectivity index (χ0v) is 17.6. The van der Waals surface area contributed by atoms with E-state index in [1.165, 1.54) is 46.2 Å². The third-order valence-electron chi connectivity index (χ3n) is 5.24. The summed E-state index contributed by atoms with van der Waals surface area (Å²) in [5, 5.41) is 6.35. The van der Waals surface area contributed by atoms with Gasteiger partial charge in [-0.25, -0.2) is 0 Å². The molecule has 2 aromatic heterocycles. The molecule has 170 valence electrons. The van der Waals surface area contributed by atoms with E-state index in [9.17, 15) is 27.6 Å². The summed E-state index contributed by atoms with van der Waals surface area (Å²) >= 11 is 0. The molecule has 0 radical (unpaired) electrons. The number of imide groups is 1. The zero-order chi connectivity index (χ0) is 23.9. The molecule has 1 aliphatic rings. The Labute approximate surface area is 186 Å². The Balaban J connectivity index is 1.61. The van der Waals surface area contributed by atoms with Crippen LogP contribution in [0, 0.1) is 6.92 Å². The van der Waals surface area contributed by atoms with E-state index >= 15 is 0 Å².